The Morgan fingerprint density at radius 2 is 1.46 bits per heavy atom. The molecule has 0 aliphatic carbocycles. The van der Waals surface area contributed by atoms with Gasteiger partial charge in [0.05, 0.1) is 12.8 Å². The van der Waals surface area contributed by atoms with Crippen molar-refractivity contribution in [2.45, 2.75) is 45.7 Å². The molecule has 0 unspecified atom stereocenters. The third-order valence-corrected chi connectivity index (χ3v) is 6.67. The lowest BCUT2D eigenvalue weighted by Crippen LogP contribution is -2.42. The second kappa shape index (κ2) is 13.5. The van der Waals surface area contributed by atoms with Crippen molar-refractivity contribution >= 4 is 11.9 Å². The van der Waals surface area contributed by atoms with Crippen LogP contribution in [0.15, 0.2) is 91.0 Å². The van der Waals surface area contributed by atoms with Crippen LogP contribution in [-0.4, -0.2) is 46.3 Å². The summed E-state index contributed by atoms with van der Waals surface area (Å²) in [6, 6.07) is 29.6. The Morgan fingerprint density at radius 1 is 0.872 bits per heavy atom. The van der Waals surface area contributed by atoms with Gasteiger partial charge in [0.2, 0.25) is 0 Å². The van der Waals surface area contributed by atoms with Crippen LogP contribution in [-0.2, 0) is 27.5 Å². The summed E-state index contributed by atoms with van der Waals surface area (Å²) in [5.41, 5.74) is 4.54. The van der Waals surface area contributed by atoms with Crippen LogP contribution in [0.3, 0.4) is 0 Å². The zero-order chi connectivity index (χ0) is 27.6. The van der Waals surface area contributed by atoms with Crippen molar-refractivity contribution in [3.63, 3.8) is 0 Å². The van der Waals surface area contributed by atoms with Crippen LogP contribution in [0.4, 0.5) is 0 Å². The van der Waals surface area contributed by atoms with E-state index in [-0.39, 0.29) is 18.5 Å². The van der Waals surface area contributed by atoms with E-state index in [1.807, 2.05) is 83.8 Å². The van der Waals surface area contributed by atoms with E-state index in [0.717, 1.165) is 30.4 Å². The number of benzene rings is 3. The minimum Gasteiger partial charge on any atom is -0.334 e. The first-order valence-corrected chi connectivity index (χ1v) is 13.4. The van der Waals surface area contributed by atoms with Gasteiger partial charge in [-0.3, -0.25) is 14.4 Å². The van der Waals surface area contributed by atoms with Gasteiger partial charge in [0.25, 0.3) is 5.91 Å². The van der Waals surface area contributed by atoms with E-state index in [2.05, 4.69) is 30.9 Å². The van der Waals surface area contributed by atoms with E-state index in [4.69, 9.17) is 9.99 Å². The molecule has 0 N–H and O–H groups in total. The maximum atomic E-state index is 14.4. The molecule has 202 valence electrons. The standard InChI is InChI=1S/C32H35N3O4/c1-4-21-34(27(5-2)22-24-15-9-6-10-16-24)32(37)30-29(25-17-11-7-12-18-25)31(26-19-13-8-14-20-26)35(33-30)23-28(36)39-38-3/h6-20,27H,4-5,21-23H2,1-3H3/t27-/m0/s1. The van der Waals surface area contributed by atoms with Crippen molar-refractivity contribution in [2.24, 2.45) is 0 Å². The topological polar surface area (TPSA) is 73.7 Å². The largest absolute Gasteiger partial charge is 0.363 e. The van der Waals surface area contributed by atoms with Crippen molar-refractivity contribution in [1.29, 1.82) is 0 Å². The van der Waals surface area contributed by atoms with E-state index in [1.165, 1.54) is 12.7 Å². The van der Waals surface area contributed by atoms with Crippen LogP contribution in [0.25, 0.3) is 22.4 Å². The number of aromatic nitrogens is 2. The number of hydrogen-bond donors (Lipinski definition) is 0. The summed E-state index contributed by atoms with van der Waals surface area (Å²) in [5.74, 6) is -0.772. The van der Waals surface area contributed by atoms with Crippen LogP contribution in [0, 0.1) is 0 Å². The molecule has 1 amide bonds. The highest BCUT2D eigenvalue weighted by atomic mass is 17.2. The Bertz CT molecular complexity index is 1350. The monoisotopic (exact) mass is 525 g/mol. The van der Waals surface area contributed by atoms with Gasteiger partial charge in [-0.1, -0.05) is 105 Å². The van der Waals surface area contributed by atoms with Crippen molar-refractivity contribution in [3.8, 4) is 22.4 Å². The molecule has 1 atom stereocenters. The fraction of sp³-hybridized carbons (Fsp3) is 0.281. The number of hydrogen-bond acceptors (Lipinski definition) is 5. The number of rotatable bonds is 12. The molecular formula is C32H35N3O4. The van der Waals surface area contributed by atoms with Gasteiger partial charge in [-0.15, -0.1) is 0 Å². The highest BCUT2D eigenvalue weighted by molar-refractivity contribution is 6.03. The van der Waals surface area contributed by atoms with Crippen molar-refractivity contribution < 1.29 is 19.4 Å². The highest BCUT2D eigenvalue weighted by Crippen LogP contribution is 2.36. The van der Waals surface area contributed by atoms with Crippen LogP contribution in [0.1, 0.15) is 42.7 Å². The zero-order valence-corrected chi connectivity index (χ0v) is 22.7. The molecule has 7 nitrogen and oxygen atoms in total. The van der Waals surface area contributed by atoms with Gasteiger partial charge in [0.15, 0.2) is 5.69 Å². The Kier molecular flexibility index (Phi) is 9.64. The predicted molar refractivity (Wildman–Crippen MR) is 152 cm³/mol. The Hall–Kier alpha value is -4.23. The van der Waals surface area contributed by atoms with Gasteiger partial charge in [-0.05, 0) is 30.4 Å². The molecule has 0 aliphatic heterocycles. The molecule has 1 heterocycles. The minimum absolute atomic E-state index is 0.00717. The first-order chi connectivity index (χ1) is 19.1. The third kappa shape index (κ3) is 6.62. The summed E-state index contributed by atoms with van der Waals surface area (Å²) < 4.78 is 1.55. The lowest BCUT2D eigenvalue weighted by Gasteiger charge is -2.31. The van der Waals surface area contributed by atoms with Gasteiger partial charge in [0.1, 0.15) is 6.54 Å². The van der Waals surface area contributed by atoms with Crippen molar-refractivity contribution in [3.05, 3.63) is 102 Å². The van der Waals surface area contributed by atoms with Gasteiger partial charge in [0, 0.05) is 23.7 Å². The summed E-state index contributed by atoms with van der Waals surface area (Å²) >= 11 is 0. The summed E-state index contributed by atoms with van der Waals surface area (Å²) in [6.07, 6.45) is 2.36. The SMILES string of the molecule is CCCN(C(=O)c1nn(CC(=O)OOC)c(-c2ccccc2)c1-c1ccccc1)[C@@H](CC)Cc1ccccc1. The predicted octanol–water partition coefficient (Wildman–Crippen LogP) is 6.20. The Balaban J connectivity index is 1.87. The van der Waals surface area contributed by atoms with Crippen molar-refractivity contribution in [2.75, 3.05) is 13.7 Å². The molecule has 4 rings (SSSR count). The summed E-state index contributed by atoms with van der Waals surface area (Å²) in [4.78, 5) is 38.3. The molecule has 1 aromatic heterocycles. The number of amides is 1. The number of carbonyl (C=O) groups is 2. The van der Waals surface area contributed by atoms with Crippen LogP contribution in [0.5, 0.6) is 0 Å². The highest BCUT2D eigenvalue weighted by Gasteiger charge is 2.31. The lowest BCUT2D eigenvalue weighted by molar-refractivity contribution is -0.255. The third-order valence-electron chi connectivity index (χ3n) is 6.67. The van der Waals surface area contributed by atoms with Crippen LogP contribution < -0.4 is 0 Å². The molecule has 0 aliphatic rings. The summed E-state index contributed by atoms with van der Waals surface area (Å²) in [5, 5.41) is 4.78. The quantitative estimate of drug-likeness (QED) is 0.163. The second-order valence-electron chi connectivity index (χ2n) is 9.33. The van der Waals surface area contributed by atoms with E-state index >= 15 is 0 Å². The maximum absolute atomic E-state index is 14.4. The fourth-order valence-corrected chi connectivity index (χ4v) is 4.92. The van der Waals surface area contributed by atoms with Crippen LogP contribution >= 0.6 is 0 Å². The first kappa shape index (κ1) is 27.8. The zero-order valence-electron chi connectivity index (χ0n) is 22.7. The lowest BCUT2D eigenvalue weighted by atomic mass is 9.97. The molecule has 0 spiro atoms. The van der Waals surface area contributed by atoms with Gasteiger partial charge >= 0.3 is 5.97 Å². The Labute approximate surface area is 229 Å². The van der Waals surface area contributed by atoms with Gasteiger partial charge < -0.3 is 4.90 Å². The van der Waals surface area contributed by atoms with E-state index < -0.39 is 5.97 Å². The number of nitrogens with zero attached hydrogens (tertiary/aromatic N) is 3. The first-order valence-electron chi connectivity index (χ1n) is 13.4. The maximum Gasteiger partial charge on any atom is 0.363 e. The molecule has 3 aromatic carbocycles. The molecule has 7 heteroatoms. The normalized spacial score (nSPS) is 11.7. The molecule has 39 heavy (non-hydrogen) atoms. The minimum atomic E-state index is -0.614. The summed E-state index contributed by atoms with van der Waals surface area (Å²) in [7, 11) is 1.28. The smallest absolute Gasteiger partial charge is 0.334 e. The average Bonchev–Trinajstić information content (AvgIpc) is 3.35. The molecule has 0 saturated heterocycles. The van der Waals surface area contributed by atoms with Crippen molar-refractivity contribution in [1.82, 2.24) is 14.7 Å². The molecule has 0 bridgehead atoms. The fourth-order valence-electron chi connectivity index (χ4n) is 4.92. The molecule has 0 fully saturated rings. The molecular weight excluding hydrogens is 490 g/mol. The summed E-state index contributed by atoms with van der Waals surface area (Å²) in [6.45, 7) is 4.57. The average molecular weight is 526 g/mol. The molecule has 4 aromatic rings. The van der Waals surface area contributed by atoms with E-state index in [0.29, 0.717) is 23.5 Å². The number of carbonyl (C=O) groups excluding carboxylic acids is 2. The van der Waals surface area contributed by atoms with Gasteiger partial charge in [-0.2, -0.15) is 9.99 Å². The Morgan fingerprint density at radius 3 is 2.03 bits per heavy atom. The second-order valence-corrected chi connectivity index (χ2v) is 9.33. The van der Waals surface area contributed by atoms with Crippen LogP contribution in [0.2, 0.25) is 0 Å². The van der Waals surface area contributed by atoms with E-state index in [1.54, 1.807) is 4.68 Å². The molecule has 0 saturated carbocycles. The van der Waals surface area contributed by atoms with E-state index in [9.17, 15) is 9.59 Å². The molecule has 0 radical (unpaired) electrons. The van der Waals surface area contributed by atoms with Gasteiger partial charge in [-0.25, -0.2) is 4.79 Å².